The number of nitrogens with one attached hydrogen (secondary N) is 1. The van der Waals surface area contributed by atoms with Crippen LogP contribution in [-0.2, 0) is 22.4 Å². The highest BCUT2D eigenvalue weighted by molar-refractivity contribution is 7.17. The van der Waals surface area contributed by atoms with Gasteiger partial charge < -0.3 is 19.5 Å². The second kappa shape index (κ2) is 8.98. The Hall–Kier alpha value is -2.80. The zero-order valence-corrected chi connectivity index (χ0v) is 19.8. The van der Waals surface area contributed by atoms with Crippen molar-refractivity contribution in [2.45, 2.75) is 46.5 Å². The highest BCUT2D eigenvalue weighted by Gasteiger charge is 2.35. The molecule has 0 saturated carbocycles. The van der Waals surface area contributed by atoms with Crippen LogP contribution >= 0.6 is 11.3 Å². The van der Waals surface area contributed by atoms with Gasteiger partial charge in [0.2, 0.25) is 12.7 Å². The van der Waals surface area contributed by atoms with Crippen molar-refractivity contribution in [2.24, 2.45) is 11.3 Å². The van der Waals surface area contributed by atoms with E-state index in [1.807, 2.05) is 18.2 Å². The Morgan fingerprint density at radius 3 is 2.81 bits per heavy atom. The van der Waals surface area contributed by atoms with Gasteiger partial charge >= 0.3 is 5.97 Å². The van der Waals surface area contributed by atoms with Gasteiger partial charge in [-0.25, -0.2) is 4.79 Å². The monoisotopic (exact) mass is 455 g/mol. The van der Waals surface area contributed by atoms with Crippen molar-refractivity contribution in [3.05, 3.63) is 45.8 Å². The van der Waals surface area contributed by atoms with Crippen LogP contribution in [0.2, 0.25) is 0 Å². The van der Waals surface area contributed by atoms with E-state index in [0.717, 1.165) is 36.8 Å². The van der Waals surface area contributed by atoms with Gasteiger partial charge in [-0.15, -0.1) is 11.3 Å². The third kappa shape index (κ3) is 4.39. The molecule has 1 unspecified atom stereocenters. The molecule has 1 aromatic carbocycles. The van der Waals surface area contributed by atoms with Crippen molar-refractivity contribution in [3.8, 4) is 11.5 Å². The molecule has 7 heteroatoms. The van der Waals surface area contributed by atoms with E-state index in [-0.39, 0.29) is 18.1 Å². The fourth-order valence-electron chi connectivity index (χ4n) is 4.29. The van der Waals surface area contributed by atoms with E-state index < -0.39 is 5.97 Å². The summed E-state index contributed by atoms with van der Waals surface area (Å²) in [5, 5.41) is 3.48. The summed E-state index contributed by atoms with van der Waals surface area (Å²) in [6, 6.07) is 5.50. The molecular weight excluding hydrogens is 426 g/mol. The molecule has 0 spiro atoms. The lowest BCUT2D eigenvalue weighted by molar-refractivity contribution is -0.111. The highest BCUT2D eigenvalue weighted by atomic mass is 32.1. The number of methoxy groups -OCH3 is 1. The van der Waals surface area contributed by atoms with Gasteiger partial charge in [0.15, 0.2) is 11.5 Å². The summed E-state index contributed by atoms with van der Waals surface area (Å²) in [5.74, 6) is 1.22. The van der Waals surface area contributed by atoms with Crippen LogP contribution in [0.4, 0.5) is 5.00 Å². The van der Waals surface area contributed by atoms with Crippen LogP contribution < -0.4 is 14.8 Å². The Labute approximate surface area is 192 Å². The fraction of sp³-hybridized carbons (Fsp3) is 0.440. The first-order valence-electron chi connectivity index (χ1n) is 10.9. The molecule has 0 fully saturated rings. The Bertz CT molecular complexity index is 1070. The van der Waals surface area contributed by atoms with Gasteiger partial charge in [0.25, 0.3) is 0 Å². The maximum atomic E-state index is 12.7. The molecule has 1 aliphatic carbocycles. The molecule has 1 aromatic heterocycles. The van der Waals surface area contributed by atoms with E-state index in [1.165, 1.54) is 29.4 Å². The summed E-state index contributed by atoms with van der Waals surface area (Å²) in [7, 11) is 1.38. The first-order chi connectivity index (χ1) is 15.3. The van der Waals surface area contributed by atoms with Crippen molar-refractivity contribution in [3.63, 3.8) is 0 Å². The number of carbonyl (C=O) groups excluding carboxylic acids is 2. The predicted molar refractivity (Wildman–Crippen MR) is 125 cm³/mol. The molecule has 0 bridgehead atoms. The second-order valence-corrected chi connectivity index (χ2v) is 10.0. The quantitative estimate of drug-likeness (QED) is 0.463. The smallest absolute Gasteiger partial charge is 0.341 e. The van der Waals surface area contributed by atoms with E-state index in [9.17, 15) is 9.59 Å². The van der Waals surface area contributed by atoms with Crippen LogP contribution in [0.15, 0.2) is 24.3 Å². The van der Waals surface area contributed by atoms with Crippen LogP contribution in [0.1, 0.15) is 60.0 Å². The van der Waals surface area contributed by atoms with Crippen LogP contribution in [0.5, 0.6) is 11.5 Å². The van der Waals surface area contributed by atoms with E-state index in [1.54, 1.807) is 6.08 Å². The minimum absolute atomic E-state index is 0.207. The Morgan fingerprint density at radius 1 is 1.28 bits per heavy atom. The molecule has 1 atom stereocenters. The van der Waals surface area contributed by atoms with Crippen LogP contribution in [0.3, 0.4) is 0 Å². The van der Waals surface area contributed by atoms with Gasteiger partial charge in [0.1, 0.15) is 5.00 Å². The fourth-order valence-corrected chi connectivity index (χ4v) is 5.61. The number of carbonyl (C=O) groups is 2. The van der Waals surface area contributed by atoms with Crippen molar-refractivity contribution in [2.75, 3.05) is 19.2 Å². The van der Waals surface area contributed by atoms with Gasteiger partial charge in [-0.1, -0.05) is 33.3 Å². The largest absolute Gasteiger partial charge is 0.465 e. The third-order valence-electron chi connectivity index (χ3n) is 6.73. The summed E-state index contributed by atoms with van der Waals surface area (Å²) >= 11 is 1.50. The highest BCUT2D eigenvalue weighted by Crippen LogP contribution is 2.45. The van der Waals surface area contributed by atoms with Gasteiger partial charge in [0.05, 0.1) is 12.7 Å². The maximum Gasteiger partial charge on any atom is 0.341 e. The van der Waals surface area contributed by atoms with E-state index in [2.05, 4.69) is 26.1 Å². The molecule has 0 radical (unpaired) electrons. The Morgan fingerprint density at radius 2 is 2.06 bits per heavy atom. The normalized spacial score (nSPS) is 17.3. The first kappa shape index (κ1) is 22.4. The molecule has 170 valence electrons. The number of hydrogen-bond acceptors (Lipinski definition) is 6. The molecule has 2 aromatic rings. The second-order valence-electron chi connectivity index (χ2n) is 8.92. The Kier molecular flexibility index (Phi) is 6.29. The van der Waals surface area contributed by atoms with Crippen LogP contribution in [0, 0.1) is 11.3 Å². The number of hydrogen-bond donors (Lipinski definition) is 1. The number of amides is 1. The van der Waals surface area contributed by atoms with Crippen molar-refractivity contribution in [1.82, 2.24) is 0 Å². The zero-order chi connectivity index (χ0) is 22.9. The minimum atomic E-state index is -0.397. The van der Waals surface area contributed by atoms with Crippen molar-refractivity contribution < 1.29 is 23.8 Å². The topological polar surface area (TPSA) is 73.9 Å². The van der Waals surface area contributed by atoms with Gasteiger partial charge in [0, 0.05) is 11.0 Å². The lowest BCUT2D eigenvalue weighted by Crippen LogP contribution is -2.28. The number of ether oxygens (including phenoxy) is 3. The molecule has 6 nitrogen and oxygen atoms in total. The zero-order valence-electron chi connectivity index (χ0n) is 18.9. The molecule has 1 amide bonds. The van der Waals surface area contributed by atoms with Crippen molar-refractivity contribution in [1.29, 1.82) is 0 Å². The lowest BCUT2D eigenvalue weighted by Gasteiger charge is -2.36. The molecular formula is C25H29NO5S. The standard InChI is InChI=1S/C25H29NO5S/c1-5-25(2,3)16-8-9-17-20(13-16)32-23(22(17)24(28)29-4)26-21(27)11-7-15-6-10-18-19(12-15)31-14-30-18/h6-7,10-12,16H,5,8-9,13-14H2,1-4H3,(H,26,27). The van der Waals surface area contributed by atoms with Gasteiger partial charge in [-0.05, 0) is 59.9 Å². The summed E-state index contributed by atoms with van der Waals surface area (Å²) in [5.41, 5.74) is 2.60. The number of rotatable bonds is 6. The third-order valence-corrected chi connectivity index (χ3v) is 7.90. The first-order valence-corrected chi connectivity index (χ1v) is 11.8. The summed E-state index contributed by atoms with van der Waals surface area (Å²) in [6.45, 7) is 7.04. The number of benzene rings is 1. The average molecular weight is 456 g/mol. The molecule has 2 heterocycles. The average Bonchev–Trinajstić information content (AvgIpc) is 3.40. The number of anilines is 1. The summed E-state index contributed by atoms with van der Waals surface area (Å²) in [4.78, 5) is 26.4. The van der Waals surface area contributed by atoms with Crippen LogP contribution in [-0.4, -0.2) is 25.8 Å². The molecule has 32 heavy (non-hydrogen) atoms. The number of esters is 1. The maximum absolute atomic E-state index is 12.7. The minimum Gasteiger partial charge on any atom is -0.465 e. The number of thiophene rings is 1. The van der Waals surface area contributed by atoms with E-state index in [4.69, 9.17) is 14.2 Å². The van der Waals surface area contributed by atoms with E-state index >= 15 is 0 Å². The molecule has 1 N–H and O–H groups in total. The van der Waals surface area contributed by atoms with Gasteiger partial charge in [-0.2, -0.15) is 0 Å². The summed E-state index contributed by atoms with van der Waals surface area (Å²) < 4.78 is 15.7. The van der Waals surface area contributed by atoms with Gasteiger partial charge in [-0.3, -0.25) is 4.79 Å². The van der Waals surface area contributed by atoms with E-state index in [0.29, 0.717) is 28.0 Å². The molecule has 0 saturated heterocycles. The molecule has 2 aliphatic rings. The molecule has 1 aliphatic heterocycles. The number of fused-ring (bicyclic) bond motifs is 2. The predicted octanol–water partition coefficient (Wildman–Crippen LogP) is 5.46. The van der Waals surface area contributed by atoms with Crippen LogP contribution in [0.25, 0.3) is 6.08 Å². The molecule has 4 rings (SSSR count). The SMILES string of the molecule is CCC(C)(C)C1CCc2c(sc(NC(=O)C=Cc3ccc4c(c3)OCO4)c2C(=O)OC)C1. The Balaban J connectivity index is 1.54. The van der Waals surface area contributed by atoms with Crippen molar-refractivity contribution >= 4 is 34.3 Å². The lowest BCUT2D eigenvalue weighted by atomic mass is 9.69. The summed E-state index contributed by atoms with van der Waals surface area (Å²) in [6.07, 6.45) is 7.06.